The van der Waals surface area contributed by atoms with Crippen LogP contribution >= 0.6 is 11.3 Å². The summed E-state index contributed by atoms with van der Waals surface area (Å²) in [4.78, 5) is 8.50. The van der Waals surface area contributed by atoms with E-state index in [9.17, 15) is 0 Å². The van der Waals surface area contributed by atoms with Gasteiger partial charge >= 0.3 is 0 Å². The second-order valence-corrected chi connectivity index (χ2v) is 4.44. The van der Waals surface area contributed by atoms with Crippen molar-refractivity contribution in [3.63, 3.8) is 0 Å². The van der Waals surface area contributed by atoms with Crippen LogP contribution in [0.15, 0.2) is 30.6 Å². The van der Waals surface area contributed by atoms with E-state index in [1.807, 2.05) is 19.1 Å². The Morgan fingerprint density at radius 3 is 3.00 bits per heavy atom. The molecule has 0 unspecified atom stereocenters. The Hall–Kier alpha value is -1.68. The zero-order valence-corrected chi connectivity index (χ0v) is 9.62. The molecule has 1 aromatic carbocycles. The molecule has 3 rings (SSSR count). The van der Waals surface area contributed by atoms with Gasteiger partial charge < -0.3 is 4.74 Å². The van der Waals surface area contributed by atoms with Crippen LogP contribution in [0.5, 0.6) is 5.88 Å². The summed E-state index contributed by atoms with van der Waals surface area (Å²) in [6, 6.07) is 8.23. The summed E-state index contributed by atoms with van der Waals surface area (Å²) in [6.07, 6.45) is 1.56. The molecular formula is C12H10N2OS. The van der Waals surface area contributed by atoms with Crippen molar-refractivity contribution < 1.29 is 4.74 Å². The Bertz CT molecular complexity index is 648. The van der Waals surface area contributed by atoms with Crippen molar-refractivity contribution in [2.75, 3.05) is 6.61 Å². The number of rotatable bonds is 2. The molecule has 2 heterocycles. The predicted octanol–water partition coefficient (Wildman–Crippen LogP) is 3.24. The molecule has 80 valence electrons. The molecule has 2 aromatic heterocycles. The number of ether oxygens (including phenoxy) is 1. The number of hydrogen-bond donors (Lipinski definition) is 0. The molecule has 0 fully saturated rings. The van der Waals surface area contributed by atoms with Crippen LogP contribution in [0.4, 0.5) is 0 Å². The fourth-order valence-electron chi connectivity index (χ4n) is 1.74. The molecule has 0 amide bonds. The molecule has 0 N–H and O–H groups in total. The zero-order valence-electron chi connectivity index (χ0n) is 8.80. The molecule has 0 bridgehead atoms. The summed E-state index contributed by atoms with van der Waals surface area (Å²) < 4.78 is 7.76. The molecule has 0 saturated heterocycles. The summed E-state index contributed by atoms with van der Waals surface area (Å²) in [6.45, 7) is 2.58. The monoisotopic (exact) mass is 230 g/mol. The molecule has 4 heteroatoms. The van der Waals surface area contributed by atoms with Crippen molar-refractivity contribution in [2.45, 2.75) is 6.92 Å². The molecule has 3 nitrogen and oxygen atoms in total. The van der Waals surface area contributed by atoms with Crippen LogP contribution in [-0.2, 0) is 0 Å². The molecule has 0 atom stereocenters. The fourth-order valence-corrected chi connectivity index (χ4v) is 2.84. The summed E-state index contributed by atoms with van der Waals surface area (Å²) in [7, 11) is 0. The summed E-state index contributed by atoms with van der Waals surface area (Å²) >= 11 is 1.68. The second-order valence-electron chi connectivity index (χ2n) is 3.39. The Morgan fingerprint density at radius 2 is 2.12 bits per heavy atom. The maximum absolute atomic E-state index is 5.51. The summed E-state index contributed by atoms with van der Waals surface area (Å²) in [5.74, 6) is 0.689. The van der Waals surface area contributed by atoms with E-state index in [1.54, 1.807) is 17.7 Å². The van der Waals surface area contributed by atoms with Crippen molar-refractivity contribution >= 4 is 31.6 Å². The van der Waals surface area contributed by atoms with Crippen LogP contribution in [-0.4, -0.2) is 16.6 Å². The van der Waals surface area contributed by atoms with Gasteiger partial charge in [0.2, 0.25) is 5.88 Å². The van der Waals surface area contributed by atoms with Crippen LogP contribution in [0.3, 0.4) is 0 Å². The van der Waals surface area contributed by atoms with Crippen molar-refractivity contribution in [1.29, 1.82) is 0 Å². The Kier molecular flexibility index (Phi) is 2.22. The molecule has 0 aliphatic rings. The lowest BCUT2D eigenvalue weighted by Crippen LogP contribution is -1.94. The molecule has 0 aliphatic carbocycles. The van der Waals surface area contributed by atoms with E-state index in [2.05, 4.69) is 22.1 Å². The van der Waals surface area contributed by atoms with Gasteiger partial charge in [-0.2, -0.15) is 0 Å². The van der Waals surface area contributed by atoms with Gasteiger partial charge in [0.05, 0.1) is 12.1 Å². The lowest BCUT2D eigenvalue weighted by molar-refractivity contribution is 0.331. The lowest BCUT2D eigenvalue weighted by atomic mass is 10.2. The van der Waals surface area contributed by atoms with Gasteiger partial charge in [-0.3, -0.25) is 0 Å². The number of thiophene rings is 1. The Labute approximate surface area is 96.7 Å². The normalized spacial score (nSPS) is 11.1. The topological polar surface area (TPSA) is 35.0 Å². The van der Waals surface area contributed by atoms with Crippen molar-refractivity contribution in [1.82, 2.24) is 9.97 Å². The number of nitrogens with zero attached hydrogens (tertiary/aromatic N) is 2. The first kappa shape index (κ1) is 9.54. The van der Waals surface area contributed by atoms with Gasteiger partial charge in [0.15, 0.2) is 0 Å². The average molecular weight is 230 g/mol. The second kappa shape index (κ2) is 3.72. The largest absolute Gasteiger partial charge is 0.477 e. The Morgan fingerprint density at radius 1 is 1.25 bits per heavy atom. The highest BCUT2D eigenvalue weighted by Gasteiger charge is 2.10. The predicted molar refractivity (Wildman–Crippen MR) is 66.1 cm³/mol. The molecular weight excluding hydrogens is 220 g/mol. The quantitative estimate of drug-likeness (QED) is 0.678. The summed E-state index contributed by atoms with van der Waals surface area (Å²) in [5, 5.41) is 1.17. The van der Waals surface area contributed by atoms with Crippen molar-refractivity contribution in [2.24, 2.45) is 0 Å². The highest BCUT2D eigenvalue weighted by Crippen LogP contribution is 2.36. The van der Waals surface area contributed by atoms with E-state index in [0.29, 0.717) is 12.5 Å². The van der Waals surface area contributed by atoms with E-state index in [0.717, 1.165) is 10.2 Å². The first-order valence-corrected chi connectivity index (χ1v) is 5.97. The van der Waals surface area contributed by atoms with E-state index in [1.165, 1.54) is 10.1 Å². The highest BCUT2D eigenvalue weighted by molar-refractivity contribution is 7.26. The van der Waals surface area contributed by atoms with Gasteiger partial charge in [0.25, 0.3) is 0 Å². The van der Waals surface area contributed by atoms with E-state index >= 15 is 0 Å². The molecule has 0 radical (unpaired) electrons. The molecule has 3 aromatic rings. The minimum Gasteiger partial charge on any atom is -0.477 e. The van der Waals surface area contributed by atoms with Gasteiger partial charge in [0, 0.05) is 10.1 Å². The molecule has 16 heavy (non-hydrogen) atoms. The van der Waals surface area contributed by atoms with E-state index in [-0.39, 0.29) is 0 Å². The molecule has 0 saturated carbocycles. The third-order valence-electron chi connectivity index (χ3n) is 2.41. The van der Waals surface area contributed by atoms with Crippen LogP contribution < -0.4 is 4.74 Å². The van der Waals surface area contributed by atoms with Crippen LogP contribution in [0.25, 0.3) is 20.3 Å². The third-order valence-corrected chi connectivity index (χ3v) is 3.55. The maximum Gasteiger partial charge on any atom is 0.234 e. The van der Waals surface area contributed by atoms with E-state index < -0.39 is 0 Å². The lowest BCUT2D eigenvalue weighted by Gasteiger charge is -2.00. The maximum atomic E-state index is 5.51. The third kappa shape index (κ3) is 1.34. The standard InChI is InChI=1S/C12H10N2OS/c1-2-15-12-11-10(13-7-14-12)8-5-3-4-6-9(8)16-11/h3-7H,2H2,1H3. The van der Waals surface area contributed by atoms with Crippen molar-refractivity contribution in [3.05, 3.63) is 30.6 Å². The van der Waals surface area contributed by atoms with Crippen LogP contribution in [0.2, 0.25) is 0 Å². The minimum atomic E-state index is 0.625. The van der Waals surface area contributed by atoms with Gasteiger partial charge in [-0.25, -0.2) is 9.97 Å². The smallest absolute Gasteiger partial charge is 0.234 e. The SMILES string of the molecule is CCOc1ncnc2c1sc1ccccc12. The van der Waals surface area contributed by atoms with Crippen LogP contribution in [0, 0.1) is 0 Å². The van der Waals surface area contributed by atoms with Crippen LogP contribution in [0.1, 0.15) is 6.92 Å². The highest BCUT2D eigenvalue weighted by atomic mass is 32.1. The van der Waals surface area contributed by atoms with Gasteiger partial charge in [-0.15, -0.1) is 11.3 Å². The molecule has 0 aliphatic heterocycles. The number of benzene rings is 1. The molecule has 0 spiro atoms. The first-order chi connectivity index (χ1) is 7.90. The van der Waals surface area contributed by atoms with Crippen molar-refractivity contribution in [3.8, 4) is 5.88 Å². The average Bonchev–Trinajstić information content (AvgIpc) is 2.69. The zero-order chi connectivity index (χ0) is 11.0. The van der Waals surface area contributed by atoms with Gasteiger partial charge in [-0.05, 0) is 13.0 Å². The number of aromatic nitrogens is 2. The Balaban J connectivity index is 2.39. The number of hydrogen-bond acceptors (Lipinski definition) is 4. The van der Waals surface area contributed by atoms with Gasteiger partial charge in [0.1, 0.15) is 11.0 Å². The summed E-state index contributed by atoms with van der Waals surface area (Å²) in [5.41, 5.74) is 0.985. The van der Waals surface area contributed by atoms with Gasteiger partial charge in [-0.1, -0.05) is 18.2 Å². The fraction of sp³-hybridized carbons (Fsp3) is 0.167. The van der Waals surface area contributed by atoms with E-state index in [4.69, 9.17) is 4.74 Å². The number of fused-ring (bicyclic) bond motifs is 3. The first-order valence-electron chi connectivity index (χ1n) is 5.15. The minimum absolute atomic E-state index is 0.625.